The molecule has 134 valence electrons. The molecule has 1 fully saturated rings. The van der Waals surface area contributed by atoms with Gasteiger partial charge in [-0.25, -0.2) is 4.79 Å². The maximum Gasteiger partial charge on any atom is 0.334 e. The highest BCUT2D eigenvalue weighted by molar-refractivity contribution is 8.76. The highest BCUT2D eigenvalue weighted by atomic mass is 33.1. The Morgan fingerprint density at radius 1 is 1.25 bits per heavy atom. The molecular formula is C13H19N3O6S2. The number of nitrogens with two attached hydrogens (primary N) is 1. The van der Waals surface area contributed by atoms with Gasteiger partial charge in [0.25, 0.3) is 11.8 Å². The number of carbonyl (C=O) groups excluding carboxylic acids is 5. The summed E-state index contributed by atoms with van der Waals surface area (Å²) in [5.41, 5.74) is 5.18. The predicted molar refractivity (Wildman–Crippen MR) is 88.4 cm³/mol. The second-order valence-corrected chi connectivity index (χ2v) is 7.46. The molecule has 0 aromatic heterocycles. The average molecular weight is 377 g/mol. The third-order valence-electron chi connectivity index (χ3n) is 2.92. The lowest BCUT2D eigenvalue weighted by Crippen LogP contribution is -2.44. The lowest BCUT2D eigenvalue weighted by molar-refractivity contribution is -0.197. The number of hydrogen-bond acceptors (Lipinski definition) is 9. The Labute approximate surface area is 146 Å². The SMILES string of the molecule is CC(=O)C(CSSCCC(=O)ON1C(=O)CCC1=O)NC(=O)CN. The minimum absolute atomic E-state index is 0.00856. The molecule has 1 atom stereocenters. The van der Waals surface area contributed by atoms with E-state index in [0.717, 1.165) is 0 Å². The zero-order valence-electron chi connectivity index (χ0n) is 13.1. The molecule has 1 unspecified atom stereocenters. The van der Waals surface area contributed by atoms with E-state index < -0.39 is 29.7 Å². The van der Waals surface area contributed by atoms with Crippen molar-refractivity contribution in [3.8, 4) is 0 Å². The molecule has 24 heavy (non-hydrogen) atoms. The molecule has 1 heterocycles. The van der Waals surface area contributed by atoms with Crippen molar-refractivity contribution in [2.45, 2.75) is 32.2 Å². The fraction of sp³-hybridized carbons (Fsp3) is 0.615. The van der Waals surface area contributed by atoms with Crippen molar-refractivity contribution < 1.29 is 28.8 Å². The molecule has 0 bridgehead atoms. The normalized spacial score (nSPS) is 15.3. The number of imide groups is 1. The van der Waals surface area contributed by atoms with Crippen LogP contribution < -0.4 is 11.1 Å². The minimum Gasteiger partial charge on any atom is -0.344 e. The molecule has 0 aromatic carbocycles. The van der Waals surface area contributed by atoms with Crippen LogP contribution in [-0.2, 0) is 28.8 Å². The van der Waals surface area contributed by atoms with Crippen LogP contribution in [-0.4, -0.2) is 58.6 Å². The van der Waals surface area contributed by atoms with E-state index in [9.17, 15) is 24.0 Å². The zero-order chi connectivity index (χ0) is 18.1. The Morgan fingerprint density at radius 3 is 2.42 bits per heavy atom. The quantitative estimate of drug-likeness (QED) is 0.290. The van der Waals surface area contributed by atoms with Gasteiger partial charge < -0.3 is 15.9 Å². The van der Waals surface area contributed by atoms with Crippen molar-refractivity contribution in [3.63, 3.8) is 0 Å². The number of carbonyl (C=O) groups is 5. The van der Waals surface area contributed by atoms with E-state index in [4.69, 9.17) is 10.6 Å². The molecule has 0 radical (unpaired) electrons. The van der Waals surface area contributed by atoms with Gasteiger partial charge in [0.15, 0.2) is 5.78 Å². The van der Waals surface area contributed by atoms with Crippen LogP contribution in [0.3, 0.4) is 0 Å². The van der Waals surface area contributed by atoms with Gasteiger partial charge in [-0.15, -0.1) is 5.06 Å². The van der Waals surface area contributed by atoms with Crippen molar-refractivity contribution >= 4 is 51.1 Å². The Balaban J connectivity index is 2.21. The van der Waals surface area contributed by atoms with Gasteiger partial charge in [0.2, 0.25) is 5.91 Å². The fourth-order valence-electron chi connectivity index (χ4n) is 1.62. The third-order valence-corrected chi connectivity index (χ3v) is 5.33. The minimum atomic E-state index is -0.675. The summed E-state index contributed by atoms with van der Waals surface area (Å²) in [6, 6.07) is -0.634. The average Bonchev–Trinajstić information content (AvgIpc) is 2.84. The molecule has 1 aliphatic heterocycles. The number of amides is 3. The van der Waals surface area contributed by atoms with Crippen LogP contribution in [0.1, 0.15) is 26.2 Å². The molecule has 9 nitrogen and oxygen atoms in total. The number of nitrogens with zero attached hydrogens (tertiary/aromatic N) is 1. The van der Waals surface area contributed by atoms with Crippen LogP contribution in [0.15, 0.2) is 0 Å². The van der Waals surface area contributed by atoms with E-state index in [1.165, 1.54) is 28.5 Å². The summed E-state index contributed by atoms with van der Waals surface area (Å²) in [7, 11) is 2.63. The first-order chi connectivity index (χ1) is 11.3. The number of hydroxylamine groups is 2. The standard InChI is InChI=1S/C13H19N3O6S2/c1-8(17)9(15-10(18)6-14)7-24-23-5-4-13(21)22-16-11(19)2-3-12(16)20/h9H,2-7,14H2,1H3,(H,15,18). The molecule has 3 amide bonds. The molecule has 0 saturated carbocycles. The molecule has 11 heteroatoms. The van der Waals surface area contributed by atoms with Gasteiger partial charge in [-0.05, 0) is 6.92 Å². The Morgan fingerprint density at radius 2 is 1.88 bits per heavy atom. The highest BCUT2D eigenvalue weighted by Gasteiger charge is 2.32. The fourth-order valence-corrected chi connectivity index (χ4v) is 3.84. The highest BCUT2D eigenvalue weighted by Crippen LogP contribution is 2.23. The van der Waals surface area contributed by atoms with Gasteiger partial charge in [-0.3, -0.25) is 19.2 Å². The molecule has 1 aliphatic rings. The maximum absolute atomic E-state index is 11.6. The monoisotopic (exact) mass is 377 g/mol. The van der Waals surface area contributed by atoms with Gasteiger partial charge in [-0.2, -0.15) is 0 Å². The molecular weight excluding hydrogens is 358 g/mol. The van der Waals surface area contributed by atoms with Gasteiger partial charge in [0.1, 0.15) is 0 Å². The van der Waals surface area contributed by atoms with Crippen LogP contribution in [0.25, 0.3) is 0 Å². The maximum atomic E-state index is 11.6. The van der Waals surface area contributed by atoms with Crippen LogP contribution in [0.2, 0.25) is 0 Å². The van der Waals surface area contributed by atoms with Crippen LogP contribution in [0.5, 0.6) is 0 Å². The Bertz CT molecular complexity index is 512. The van der Waals surface area contributed by atoms with Gasteiger partial charge in [0, 0.05) is 24.3 Å². The van der Waals surface area contributed by atoms with Gasteiger partial charge >= 0.3 is 5.97 Å². The van der Waals surface area contributed by atoms with Gasteiger partial charge in [-0.1, -0.05) is 21.6 Å². The number of nitrogens with one attached hydrogen (secondary N) is 1. The van der Waals surface area contributed by atoms with Crippen LogP contribution in [0, 0.1) is 0 Å². The van der Waals surface area contributed by atoms with E-state index in [0.29, 0.717) is 16.6 Å². The Hall–Kier alpha value is -1.59. The van der Waals surface area contributed by atoms with Crippen LogP contribution in [0.4, 0.5) is 0 Å². The molecule has 3 N–H and O–H groups in total. The summed E-state index contributed by atoms with van der Waals surface area (Å²) in [6.07, 6.45) is 0.115. The summed E-state index contributed by atoms with van der Waals surface area (Å²) < 4.78 is 0. The van der Waals surface area contributed by atoms with E-state index in [1.807, 2.05) is 0 Å². The Kier molecular flexibility index (Phi) is 8.79. The van der Waals surface area contributed by atoms with Gasteiger partial charge in [0.05, 0.1) is 19.0 Å². The summed E-state index contributed by atoms with van der Waals surface area (Å²) in [5, 5.41) is 3.01. The topological polar surface area (TPSA) is 136 Å². The lowest BCUT2D eigenvalue weighted by atomic mass is 10.2. The molecule has 1 saturated heterocycles. The summed E-state index contributed by atoms with van der Waals surface area (Å²) in [5.74, 6) is -1.60. The molecule has 1 rings (SSSR count). The number of hydrogen-bond donors (Lipinski definition) is 2. The summed E-state index contributed by atoms with van der Waals surface area (Å²) in [4.78, 5) is 61.5. The first-order valence-electron chi connectivity index (χ1n) is 7.16. The predicted octanol–water partition coefficient (Wildman–Crippen LogP) is -0.602. The second kappa shape index (κ2) is 10.3. The largest absolute Gasteiger partial charge is 0.344 e. The summed E-state index contributed by atoms with van der Waals surface area (Å²) >= 11 is 0. The zero-order valence-corrected chi connectivity index (χ0v) is 14.7. The van der Waals surface area contributed by atoms with E-state index in [1.54, 1.807) is 0 Å². The van der Waals surface area contributed by atoms with E-state index in [-0.39, 0.29) is 31.6 Å². The van der Waals surface area contributed by atoms with Crippen molar-refractivity contribution in [1.29, 1.82) is 0 Å². The molecule has 0 aromatic rings. The lowest BCUT2D eigenvalue weighted by Gasteiger charge is -2.14. The van der Waals surface area contributed by atoms with Crippen molar-refractivity contribution in [1.82, 2.24) is 10.4 Å². The first-order valence-corrected chi connectivity index (χ1v) is 9.64. The smallest absolute Gasteiger partial charge is 0.334 e. The van der Waals surface area contributed by atoms with Crippen molar-refractivity contribution in [2.75, 3.05) is 18.1 Å². The van der Waals surface area contributed by atoms with Crippen LogP contribution >= 0.6 is 21.6 Å². The van der Waals surface area contributed by atoms with Crippen molar-refractivity contribution in [3.05, 3.63) is 0 Å². The molecule has 0 aliphatic carbocycles. The van der Waals surface area contributed by atoms with Crippen molar-refractivity contribution in [2.24, 2.45) is 5.73 Å². The number of ketones is 1. The number of Topliss-reactive ketones (excluding diaryl/α,β-unsaturated/α-hetero) is 1. The first kappa shape index (κ1) is 20.5. The third kappa shape index (κ3) is 6.89. The molecule has 0 spiro atoms. The summed E-state index contributed by atoms with van der Waals surface area (Å²) in [6.45, 7) is 1.18. The van der Waals surface area contributed by atoms with E-state index >= 15 is 0 Å². The second-order valence-electron chi connectivity index (χ2n) is 4.84. The number of rotatable bonds is 10. The van der Waals surface area contributed by atoms with E-state index in [2.05, 4.69) is 5.32 Å².